The monoisotopic (exact) mass is 341 g/mol. The minimum absolute atomic E-state index is 0.134. The molecule has 7 nitrogen and oxygen atoms in total. The zero-order valence-corrected chi connectivity index (χ0v) is 13.6. The highest BCUT2D eigenvalue weighted by molar-refractivity contribution is 7.48. The summed E-state index contributed by atoms with van der Waals surface area (Å²) in [5.74, 6) is -0.163. The van der Waals surface area contributed by atoms with Crippen molar-refractivity contribution in [2.75, 3.05) is 18.3 Å². The molecule has 0 aliphatic carbocycles. The molecule has 1 heterocycles. The van der Waals surface area contributed by atoms with E-state index in [0.29, 0.717) is 5.69 Å². The third-order valence-corrected chi connectivity index (χ3v) is 4.09. The standard InChI is InChI=1S/C14H17FN3O4P/c1-3-20-23(19,21-4-2)22-18(14-11-16-9-10-17-14)13-7-5-12(15)6-8-13/h5-11H,3-4H2,1-2H3. The predicted octanol–water partition coefficient (Wildman–Crippen LogP) is 3.87. The molecule has 0 unspecified atom stereocenters. The fraction of sp³-hybridized carbons (Fsp3) is 0.286. The molecular weight excluding hydrogens is 324 g/mol. The summed E-state index contributed by atoms with van der Waals surface area (Å²) in [5.41, 5.74) is 0.395. The van der Waals surface area contributed by atoms with Crippen molar-refractivity contribution in [1.29, 1.82) is 0 Å². The van der Waals surface area contributed by atoms with Crippen LogP contribution in [0.2, 0.25) is 0 Å². The van der Waals surface area contributed by atoms with Gasteiger partial charge in [0, 0.05) is 12.4 Å². The van der Waals surface area contributed by atoms with Crippen molar-refractivity contribution in [3.8, 4) is 0 Å². The Balaban J connectivity index is 2.37. The van der Waals surface area contributed by atoms with E-state index in [1.165, 1.54) is 42.9 Å². The van der Waals surface area contributed by atoms with Crippen LogP contribution in [0, 0.1) is 5.82 Å². The van der Waals surface area contributed by atoms with Gasteiger partial charge in [-0.1, -0.05) is 0 Å². The number of halogens is 1. The van der Waals surface area contributed by atoms with Crippen molar-refractivity contribution in [2.24, 2.45) is 0 Å². The molecule has 0 spiro atoms. The molecule has 1 aromatic carbocycles. The van der Waals surface area contributed by atoms with Crippen LogP contribution >= 0.6 is 7.82 Å². The lowest BCUT2D eigenvalue weighted by Crippen LogP contribution is -2.19. The molecule has 0 atom stereocenters. The first kappa shape index (κ1) is 17.5. The Labute approximate surface area is 133 Å². The molecule has 0 fully saturated rings. The maximum absolute atomic E-state index is 13.1. The molecule has 23 heavy (non-hydrogen) atoms. The van der Waals surface area contributed by atoms with E-state index in [1.807, 2.05) is 0 Å². The van der Waals surface area contributed by atoms with Crippen LogP contribution in [-0.4, -0.2) is 23.2 Å². The number of hydrogen-bond acceptors (Lipinski definition) is 7. The molecule has 0 aliphatic heterocycles. The smallest absolute Gasteiger partial charge is 0.286 e. The molecule has 0 aliphatic rings. The summed E-state index contributed by atoms with van der Waals surface area (Å²) < 4.78 is 41.4. The number of phosphoric ester groups is 1. The maximum atomic E-state index is 13.1. The van der Waals surface area contributed by atoms with E-state index in [9.17, 15) is 8.96 Å². The van der Waals surface area contributed by atoms with Gasteiger partial charge in [-0.15, -0.1) is 0 Å². The van der Waals surface area contributed by atoms with Crippen LogP contribution in [-0.2, 0) is 18.2 Å². The topological polar surface area (TPSA) is 73.8 Å². The molecular formula is C14H17FN3O4P. The highest BCUT2D eigenvalue weighted by atomic mass is 31.2. The highest BCUT2D eigenvalue weighted by Crippen LogP contribution is 2.51. The van der Waals surface area contributed by atoms with Crippen molar-refractivity contribution in [2.45, 2.75) is 13.8 Å². The van der Waals surface area contributed by atoms with E-state index in [4.69, 9.17) is 13.7 Å². The van der Waals surface area contributed by atoms with E-state index in [-0.39, 0.29) is 19.0 Å². The fourth-order valence-electron chi connectivity index (χ4n) is 1.69. The highest BCUT2D eigenvalue weighted by Gasteiger charge is 2.31. The van der Waals surface area contributed by atoms with Crippen LogP contribution in [0.25, 0.3) is 0 Å². The van der Waals surface area contributed by atoms with Crippen LogP contribution in [0.5, 0.6) is 0 Å². The largest absolute Gasteiger partial charge is 0.496 e. The Kier molecular flexibility index (Phi) is 6.18. The number of hydrogen-bond donors (Lipinski definition) is 0. The van der Waals surface area contributed by atoms with Crippen LogP contribution < -0.4 is 5.06 Å². The first-order valence-corrected chi connectivity index (χ1v) is 8.44. The van der Waals surface area contributed by atoms with Gasteiger partial charge in [0.25, 0.3) is 0 Å². The number of nitrogens with zero attached hydrogens (tertiary/aromatic N) is 3. The third-order valence-electron chi connectivity index (χ3n) is 2.57. The molecule has 0 amide bonds. The van der Waals surface area contributed by atoms with Gasteiger partial charge in [0.1, 0.15) is 5.82 Å². The van der Waals surface area contributed by atoms with Crippen molar-refractivity contribution >= 4 is 19.3 Å². The van der Waals surface area contributed by atoms with E-state index >= 15 is 0 Å². The van der Waals surface area contributed by atoms with Gasteiger partial charge in [-0.25, -0.2) is 13.9 Å². The van der Waals surface area contributed by atoms with Gasteiger partial charge >= 0.3 is 7.82 Å². The summed E-state index contributed by atoms with van der Waals surface area (Å²) >= 11 is 0. The van der Waals surface area contributed by atoms with E-state index in [2.05, 4.69) is 9.97 Å². The lowest BCUT2D eigenvalue weighted by molar-refractivity contribution is 0.121. The van der Waals surface area contributed by atoms with Crippen LogP contribution in [0.15, 0.2) is 42.9 Å². The number of rotatable bonds is 8. The molecule has 0 bridgehead atoms. The lowest BCUT2D eigenvalue weighted by Gasteiger charge is -2.26. The SMILES string of the molecule is CCOP(=O)(OCC)ON(c1ccc(F)cc1)c1cnccn1. The maximum Gasteiger partial charge on any atom is 0.496 e. The Bertz CT molecular complexity index is 647. The van der Waals surface area contributed by atoms with E-state index in [0.717, 1.165) is 5.06 Å². The molecule has 0 saturated carbocycles. The first-order valence-electron chi connectivity index (χ1n) is 6.98. The summed E-state index contributed by atoms with van der Waals surface area (Å²) in [7, 11) is -3.85. The zero-order valence-electron chi connectivity index (χ0n) is 12.8. The summed E-state index contributed by atoms with van der Waals surface area (Å²) in [6.45, 7) is 3.60. The molecule has 0 saturated heterocycles. The Morgan fingerprint density at radius 1 is 1.13 bits per heavy atom. The molecule has 1 aromatic heterocycles. The average molecular weight is 341 g/mol. The first-order chi connectivity index (χ1) is 11.1. The summed E-state index contributed by atoms with van der Waals surface area (Å²) in [5, 5.41) is 1.14. The second kappa shape index (κ2) is 8.12. The normalized spacial score (nSPS) is 11.4. The number of benzene rings is 1. The lowest BCUT2D eigenvalue weighted by atomic mass is 10.3. The summed E-state index contributed by atoms with van der Waals surface area (Å²) in [6.07, 6.45) is 4.34. The van der Waals surface area contributed by atoms with E-state index in [1.54, 1.807) is 13.8 Å². The molecule has 124 valence electrons. The summed E-state index contributed by atoms with van der Waals surface area (Å²) in [6, 6.07) is 5.39. The average Bonchev–Trinajstić information content (AvgIpc) is 2.55. The number of aromatic nitrogens is 2. The Morgan fingerprint density at radius 2 is 1.78 bits per heavy atom. The van der Waals surface area contributed by atoms with Crippen molar-refractivity contribution in [3.05, 3.63) is 48.7 Å². The second-order valence-electron chi connectivity index (χ2n) is 4.20. The van der Waals surface area contributed by atoms with Gasteiger partial charge in [0.15, 0.2) is 5.82 Å². The van der Waals surface area contributed by atoms with Gasteiger partial charge in [0.05, 0.1) is 25.1 Å². The Morgan fingerprint density at radius 3 is 2.30 bits per heavy atom. The summed E-state index contributed by atoms with van der Waals surface area (Å²) in [4.78, 5) is 8.04. The van der Waals surface area contributed by atoms with Crippen molar-refractivity contribution in [3.63, 3.8) is 0 Å². The zero-order chi connectivity index (χ0) is 16.7. The minimum atomic E-state index is -3.85. The van der Waals surface area contributed by atoms with Gasteiger partial charge in [0.2, 0.25) is 0 Å². The van der Waals surface area contributed by atoms with Crippen LogP contribution in [0.1, 0.15) is 13.8 Å². The van der Waals surface area contributed by atoms with E-state index < -0.39 is 13.6 Å². The van der Waals surface area contributed by atoms with Crippen LogP contribution in [0.4, 0.5) is 15.9 Å². The molecule has 0 N–H and O–H groups in total. The van der Waals surface area contributed by atoms with Gasteiger partial charge < -0.3 is 0 Å². The van der Waals surface area contributed by atoms with Gasteiger partial charge in [-0.2, -0.15) is 9.69 Å². The molecule has 2 aromatic rings. The van der Waals surface area contributed by atoms with Crippen molar-refractivity contribution < 1.29 is 22.6 Å². The second-order valence-corrected chi connectivity index (χ2v) is 5.77. The quantitative estimate of drug-likeness (QED) is 0.533. The van der Waals surface area contributed by atoms with Crippen LogP contribution in [0.3, 0.4) is 0 Å². The number of anilines is 2. The minimum Gasteiger partial charge on any atom is -0.286 e. The number of phosphoric acid groups is 1. The fourth-order valence-corrected chi connectivity index (χ4v) is 2.87. The van der Waals surface area contributed by atoms with Crippen molar-refractivity contribution in [1.82, 2.24) is 9.97 Å². The van der Waals surface area contributed by atoms with Gasteiger partial charge in [-0.3, -0.25) is 14.0 Å². The Hall–Kier alpha value is -1.86. The molecule has 2 rings (SSSR count). The molecule has 9 heteroatoms. The van der Waals surface area contributed by atoms with Gasteiger partial charge in [-0.05, 0) is 38.1 Å². The molecule has 0 radical (unpaired) electrons. The predicted molar refractivity (Wildman–Crippen MR) is 82.5 cm³/mol. The third kappa shape index (κ3) is 4.80.